The molecule has 182 valence electrons. The predicted molar refractivity (Wildman–Crippen MR) is 125 cm³/mol. The maximum atomic E-state index is 14.1. The summed E-state index contributed by atoms with van der Waals surface area (Å²) in [6.45, 7) is 1.53. The highest BCUT2D eigenvalue weighted by Gasteiger charge is 2.37. The van der Waals surface area contributed by atoms with Gasteiger partial charge in [0, 0.05) is 25.1 Å². The molecule has 2 aromatic carbocycles. The summed E-state index contributed by atoms with van der Waals surface area (Å²) >= 11 is 0. The molecular weight excluding hydrogens is 459 g/mol. The van der Waals surface area contributed by atoms with Crippen molar-refractivity contribution in [1.29, 1.82) is 0 Å². The number of aromatic nitrogens is 3. The molecule has 0 saturated carbocycles. The molecule has 4 aromatic rings. The highest BCUT2D eigenvalue weighted by molar-refractivity contribution is 5.96. The number of carbonyl (C=O) groups is 1. The number of fused-ring (bicyclic) bond motifs is 1. The molecular formula is C26H24F3N3O3. The SMILES string of the molecule is COc1ccccc1-c1nn(C)c2nc(OCC(=O)C[C@@H](C)c3ccccc3)cc(C(F)(F)F)c12. The molecule has 0 saturated heterocycles. The summed E-state index contributed by atoms with van der Waals surface area (Å²) in [5, 5.41) is 4.14. The predicted octanol–water partition coefficient (Wildman–Crippen LogP) is 5.80. The Kier molecular flexibility index (Phi) is 6.77. The van der Waals surface area contributed by atoms with Gasteiger partial charge in [-0.15, -0.1) is 0 Å². The van der Waals surface area contributed by atoms with Crippen molar-refractivity contribution < 1.29 is 27.4 Å². The van der Waals surface area contributed by atoms with Crippen LogP contribution in [0.25, 0.3) is 22.3 Å². The Morgan fingerprint density at radius 2 is 1.77 bits per heavy atom. The molecule has 0 unspecified atom stereocenters. The van der Waals surface area contributed by atoms with E-state index < -0.39 is 11.7 Å². The van der Waals surface area contributed by atoms with E-state index >= 15 is 0 Å². The molecule has 0 N–H and O–H groups in total. The molecule has 1 atom stereocenters. The zero-order valence-corrected chi connectivity index (χ0v) is 19.5. The second kappa shape index (κ2) is 9.77. The van der Waals surface area contributed by atoms with Crippen LogP contribution in [0.15, 0.2) is 60.7 Å². The number of hydrogen-bond donors (Lipinski definition) is 0. The van der Waals surface area contributed by atoms with Gasteiger partial charge in [0.2, 0.25) is 5.88 Å². The molecule has 6 nitrogen and oxygen atoms in total. The summed E-state index contributed by atoms with van der Waals surface area (Å²) in [5.41, 5.74) is 0.543. The summed E-state index contributed by atoms with van der Waals surface area (Å²) in [6, 6.07) is 17.0. The number of alkyl halides is 3. The molecule has 0 amide bonds. The quantitative estimate of drug-likeness (QED) is 0.317. The molecule has 0 aliphatic carbocycles. The number of ketones is 1. The molecule has 2 heterocycles. The van der Waals surface area contributed by atoms with E-state index in [2.05, 4.69) is 10.1 Å². The van der Waals surface area contributed by atoms with Crippen molar-refractivity contribution in [1.82, 2.24) is 14.8 Å². The number of halogens is 3. The van der Waals surface area contributed by atoms with Gasteiger partial charge in [0.1, 0.15) is 18.1 Å². The molecule has 0 aliphatic rings. The van der Waals surface area contributed by atoms with E-state index in [0.29, 0.717) is 11.3 Å². The number of benzene rings is 2. The summed E-state index contributed by atoms with van der Waals surface area (Å²) in [5.74, 6) is -0.190. The zero-order valence-electron chi connectivity index (χ0n) is 19.5. The molecule has 0 fully saturated rings. The summed E-state index contributed by atoms with van der Waals surface area (Å²) in [4.78, 5) is 16.7. The Bertz CT molecular complexity index is 1350. The van der Waals surface area contributed by atoms with Crippen LogP contribution in [0.3, 0.4) is 0 Å². The van der Waals surface area contributed by atoms with Gasteiger partial charge >= 0.3 is 6.18 Å². The van der Waals surface area contributed by atoms with Crippen molar-refractivity contribution in [3.63, 3.8) is 0 Å². The fourth-order valence-corrected chi connectivity index (χ4v) is 4.00. The first-order chi connectivity index (χ1) is 16.7. The third kappa shape index (κ3) is 5.13. The Morgan fingerprint density at radius 1 is 1.09 bits per heavy atom. The average molecular weight is 483 g/mol. The Balaban J connectivity index is 1.66. The minimum atomic E-state index is -4.70. The number of ether oxygens (including phenoxy) is 2. The number of Topliss-reactive ketones (excluding diaryl/α,β-unsaturated/α-hetero) is 1. The number of carbonyl (C=O) groups excluding carboxylic acids is 1. The van der Waals surface area contributed by atoms with E-state index in [9.17, 15) is 18.0 Å². The number of nitrogens with zero attached hydrogens (tertiary/aromatic N) is 3. The van der Waals surface area contributed by atoms with E-state index in [-0.39, 0.29) is 47.3 Å². The first-order valence-corrected chi connectivity index (χ1v) is 11.0. The van der Waals surface area contributed by atoms with Gasteiger partial charge in [-0.05, 0) is 23.6 Å². The number of rotatable bonds is 8. The fourth-order valence-electron chi connectivity index (χ4n) is 4.00. The van der Waals surface area contributed by atoms with Crippen LogP contribution in [0, 0.1) is 0 Å². The molecule has 0 spiro atoms. The lowest BCUT2D eigenvalue weighted by Crippen LogP contribution is -2.15. The normalized spacial score (nSPS) is 12.5. The first-order valence-electron chi connectivity index (χ1n) is 11.0. The summed E-state index contributed by atoms with van der Waals surface area (Å²) in [6.07, 6.45) is -4.51. The standard InChI is InChI=1S/C26H24F3N3O3/c1-16(17-9-5-4-6-10-17)13-18(33)15-35-22-14-20(26(27,28)29)23-24(31-32(2)25(23)30-22)19-11-7-8-12-21(19)34-3/h4-12,14,16H,13,15H2,1-3H3/t16-/m1/s1. The molecule has 4 rings (SSSR count). The summed E-state index contributed by atoms with van der Waals surface area (Å²) < 4.78 is 54.4. The van der Waals surface area contributed by atoms with Crippen molar-refractivity contribution in [2.45, 2.75) is 25.4 Å². The van der Waals surface area contributed by atoms with Gasteiger partial charge in [0.25, 0.3) is 0 Å². The molecule has 35 heavy (non-hydrogen) atoms. The van der Waals surface area contributed by atoms with Gasteiger partial charge in [-0.1, -0.05) is 49.4 Å². The number of methoxy groups -OCH3 is 1. The zero-order chi connectivity index (χ0) is 25.2. The third-order valence-electron chi connectivity index (χ3n) is 5.72. The molecule has 0 aliphatic heterocycles. The van der Waals surface area contributed by atoms with E-state index in [4.69, 9.17) is 9.47 Å². The van der Waals surface area contributed by atoms with Crippen LogP contribution < -0.4 is 9.47 Å². The highest BCUT2D eigenvalue weighted by Crippen LogP contribution is 2.42. The molecule has 9 heteroatoms. The van der Waals surface area contributed by atoms with Crippen molar-refractivity contribution in [2.24, 2.45) is 7.05 Å². The lowest BCUT2D eigenvalue weighted by atomic mass is 9.96. The lowest BCUT2D eigenvalue weighted by Gasteiger charge is -2.14. The highest BCUT2D eigenvalue weighted by atomic mass is 19.4. The second-order valence-corrected chi connectivity index (χ2v) is 8.22. The monoisotopic (exact) mass is 483 g/mol. The number of aryl methyl sites for hydroxylation is 1. The van der Waals surface area contributed by atoms with Gasteiger partial charge in [-0.2, -0.15) is 23.3 Å². The number of para-hydroxylation sites is 1. The minimum Gasteiger partial charge on any atom is -0.496 e. The first kappa shape index (κ1) is 24.3. The van der Waals surface area contributed by atoms with E-state index in [1.807, 2.05) is 37.3 Å². The van der Waals surface area contributed by atoms with Crippen LogP contribution in [-0.2, 0) is 18.0 Å². The second-order valence-electron chi connectivity index (χ2n) is 8.22. The van der Waals surface area contributed by atoms with Gasteiger partial charge in [-0.25, -0.2) is 4.68 Å². The van der Waals surface area contributed by atoms with Crippen molar-refractivity contribution >= 4 is 16.8 Å². The van der Waals surface area contributed by atoms with Crippen molar-refractivity contribution in [2.75, 3.05) is 13.7 Å². The number of hydrogen-bond acceptors (Lipinski definition) is 5. The average Bonchev–Trinajstić information content (AvgIpc) is 3.18. The van der Waals surface area contributed by atoms with Crippen LogP contribution in [0.5, 0.6) is 11.6 Å². The third-order valence-corrected chi connectivity index (χ3v) is 5.72. The van der Waals surface area contributed by atoms with Crippen molar-refractivity contribution in [3.8, 4) is 22.9 Å². The molecule has 0 bridgehead atoms. The van der Waals surface area contributed by atoms with Crippen LogP contribution in [0.4, 0.5) is 13.2 Å². The number of pyridine rings is 1. The van der Waals surface area contributed by atoms with E-state index in [0.717, 1.165) is 11.6 Å². The summed E-state index contributed by atoms with van der Waals surface area (Å²) in [7, 11) is 2.94. The van der Waals surface area contributed by atoms with Crippen LogP contribution in [0.1, 0.15) is 30.4 Å². The molecule has 0 radical (unpaired) electrons. The van der Waals surface area contributed by atoms with Crippen LogP contribution in [-0.4, -0.2) is 34.3 Å². The van der Waals surface area contributed by atoms with Gasteiger partial charge in [0.05, 0.1) is 18.1 Å². The Morgan fingerprint density at radius 3 is 2.46 bits per heavy atom. The smallest absolute Gasteiger partial charge is 0.417 e. The topological polar surface area (TPSA) is 66.2 Å². The molecule has 2 aromatic heterocycles. The van der Waals surface area contributed by atoms with E-state index in [1.165, 1.54) is 18.8 Å². The minimum absolute atomic E-state index is 0.0131. The lowest BCUT2D eigenvalue weighted by molar-refractivity contribution is -0.136. The largest absolute Gasteiger partial charge is 0.496 e. The van der Waals surface area contributed by atoms with Gasteiger partial charge in [0.15, 0.2) is 11.4 Å². The maximum Gasteiger partial charge on any atom is 0.417 e. The van der Waals surface area contributed by atoms with Crippen molar-refractivity contribution in [3.05, 3.63) is 71.8 Å². The van der Waals surface area contributed by atoms with E-state index in [1.54, 1.807) is 24.3 Å². The van der Waals surface area contributed by atoms with Crippen LogP contribution in [0.2, 0.25) is 0 Å². The Hall–Kier alpha value is -3.88. The van der Waals surface area contributed by atoms with Crippen LogP contribution >= 0.6 is 0 Å². The van der Waals surface area contributed by atoms with Gasteiger partial charge in [-0.3, -0.25) is 4.79 Å². The fraction of sp³-hybridized carbons (Fsp3) is 0.269. The Labute approximate surface area is 200 Å². The maximum absolute atomic E-state index is 14.1. The van der Waals surface area contributed by atoms with Gasteiger partial charge < -0.3 is 9.47 Å².